The largest absolute Gasteiger partial charge is 0.395 e. The number of aliphatic hydroxyl groups excluding tert-OH is 1. The Morgan fingerprint density at radius 2 is 2.40 bits per heavy atom. The van der Waals surface area contributed by atoms with Gasteiger partial charge in [0.15, 0.2) is 0 Å². The Kier molecular flexibility index (Phi) is 5.76. The van der Waals surface area contributed by atoms with Gasteiger partial charge in [-0.3, -0.25) is 9.69 Å². The molecule has 110 valence electrons. The average molecular weight is 298 g/mol. The topological polar surface area (TPSA) is 65.5 Å². The van der Waals surface area contributed by atoms with Gasteiger partial charge in [-0.05, 0) is 31.5 Å². The van der Waals surface area contributed by atoms with Gasteiger partial charge < -0.3 is 10.4 Å². The van der Waals surface area contributed by atoms with E-state index in [-0.39, 0.29) is 12.5 Å². The Hall–Kier alpha value is -1.17. The van der Waals surface area contributed by atoms with Crippen LogP contribution in [0.25, 0.3) is 0 Å². The van der Waals surface area contributed by atoms with Gasteiger partial charge in [-0.1, -0.05) is 18.0 Å². The SMILES string of the molecule is O=C(NC[C@H]1CCCCN1CCO)c1ccnc(Cl)c1. The van der Waals surface area contributed by atoms with Gasteiger partial charge in [0.05, 0.1) is 6.61 Å². The van der Waals surface area contributed by atoms with Crippen LogP contribution < -0.4 is 5.32 Å². The van der Waals surface area contributed by atoms with Gasteiger partial charge in [0, 0.05) is 30.9 Å². The molecule has 0 radical (unpaired) electrons. The summed E-state index contributed by atoms with van der Waals surface area (Å²) in [7, 11) is 0. The van der Waals surface area contributed by atoms with E-state index in [0.717, 1.165) is 19.4 Å². The van der Waals surface area contributed by atoms with Crippen molar-refractivity contribution in [3.8, 4) is 0 Å². The van der Waals surface area contributed by atoms with E-state index in [1.54, 1.807) is 12.1 Å². The molecule has 1 fully saturated rings. The highest BCUT2D eigenvalue weighted by atomic mass is 35.5. The van der Waals surface area contributed by atoms with Crippen LogP contribution in [-0.2, 0) is 0 Å². The third-order valence-electron chi connectivity index (χ3n) is 3.62. The van der Waals surface area contributed by atoms with E-state index in [0.29, 0.717) is 29.8 Å². The minimum atomic E-state index is -0.135. The fourth-order valence-corrected chi connectivity index (χ4v) is 2.74. The molecule has 0 bridgehead atoms. The quantitative estimate of drug-likeness (QED) is 0.804. The average Bonchev–Trinajstić information content (AvgIpc) is 2.46. The molecule has 2 rings (SSSR count). The number of aliphatic hydroxyl groups is 1. The van der Waals surface area contributed by atoms with Crippen LogP contribution in [0, 0.1) is 0 Å². The smallest absolute Gasteiger partial charge is 0.251 e. The first-order chi connectivity index (χ1) is 9.70. The highest BCUT2D eigenvalue weighted by Gasteiger charge is 2.22. The Labute approximate surface area is 123 Å². The zero-order chi connectivity index (χ0) is 14.4. The monoisotopic (exact) mass is 297 g/mol. The zero-order valence-electron chi connectivity index (χ0n) is 11.4. The molecule has 0 spiro atoms. The molecule has 2 N–H and O–H groups in total. The van der Waals surface area contributed by atoms with Crippen molar-refractivity contribution in [2.24, 2.45) is 0 Å². The minimum absolute atomic E-state index is 0.135. The van der Waals surface area contributed by atoms with E-state index >= 15 is 0 Å². The standard InChI is InChI=1S/C14H20ClN3O2/c15-13-9-11(4-5-16-13)14(20)17-10-12-3-1-2-6-18(12)7-8-19/h4-5,9,12,19H,1-3,6-8,10H2,(H,17,20)/t12-/m1/s1. The van der Waals surface area contributed by atoms with E-state index in [4.69, 9.17) is 16.7 Å². The summed E-state index contributed by atoms with van der Waals surface area (Å²) in [5.74, 6) is -0.135. The molecule has 0 saturated carbocycles. The number of carbonyl (C=O) groups is 1. The van der Waals surface area contributed by atoms with E-state index < -0.39 is 0 Å². The number of piperidine rings is 1. The molecular formula is C14H20ClN3O2. The Morgan fingerprint density at radius 1 is 1.55 bits per heavy atom. The maximum Gasteiger partial charge on any atom is 0.251 e. The predicted molar refractivity (Wildman–Crippen MR) is 77.9 cm³/mol. The van der Waals surface area contributed by atoms with Crippen molar-refractivity contribution >= 4 is 17.5 Å². The van der Waals surface area contributed by atoms with Gasteiger partial charge >= 0.3 is 0 Å². The van der Waals surface area contributed by atoms with Gasteiger partial charge in [-0.2, -0.15) is 0 Å². The number of aromatic nitrogens is 1. The molecule has 0 aliphatic carbocycles. The molecule has 0 aromatic carbocycles. The van der Waals surface area contributed by atoms with Crippen LogP contribution in [0.3, 0.4) is 0 Å². The molecule has 0 unspecified atom stereocenters. The Bertz CT molecular complexity index is 454. The number of carbonyl (C=O) groups excluding carboxylic acids is 1. The fraction of sp³-hybridized carbons (Fsp3) is 0.571. The summed E-state index contributed by atoms with van der Waals surface area (Å²) < 4.78 is 0. The number of nitrogens with one attached hydrogen (secondary N) is 1. The number of amides is 1. The molecule has 1 aliphatic heterocycles. The van der Waals surface area contributed by atoms with Gasteiger partial charge in [0.25, 0.3) is 5.91 Å². The number of β-amino-alcohol motifs (C(OH)–C–C–N with tert-alkyl or cyclic N) is 1. The molecule has 5 nitrogen and oxygen atoms in total. The normalized spacial score (nSPS) is 19.8. The fourth-order valence-electron chi connectivity index (χ4n) is 2.57. The molecular weight excluding hydrogens is 278 g/mol. The van der Waals surface area contributed by atoms with Crippen LogP contribution >= 0.6 is 11.6 Å². The van der Waals surface area contributed by atoms with Gasteiger partial charge in [0.1, 0.15) is 5.15 Å². The second kappa shape index (κ2) is 7.57. The molecule has 1 atom stereocenters. The Balaban J connectivity index is 1.88. The number of nitrogens with zero attached hydrogens (tertiary/aromatic N) is 2. The molecule has 20 heavy (non-hydrogen) atoms. The lowest BCUT2D eigenvalue weighted by atomic mass is 10.0. The molecule has 1 aromatic rings. The summed E-state index contributed by atoms with van der Waals surface area (Å²) in [4.78, 5) is 18.1. The van der Waals surface area contributed by atoms with Crippen LogP contribution in [0.4, 0.5) is 0 Å². The summed E-state index contributed by atoms with van der Waals surface area (Å²) in [6.07, 6.45) is 4.90. The van der Waals surface area contributed by atoms with Crippen molar-refractivity contribution in [3.63, 3.8) is 0 Å². The maximum atomic E-state index is 12.0. The van der Waals surface area contributed by atoms with E-state index in [1.807, 2.05) is 0 Å². The summed E-state index contributed by atoms with van der Waals surface area (Å²) in [5, 5.41) is 12.3. The zero-order valence-corrected chi connectivity index (χ0v) is 12.1. The van der Waals surface area contributed by atoms with Crippen LogP contribution in [0.2, 0.25) is 5.15 Å². The molecule has 1 amide bonds. The lowest BCUT2D eigenvalue weighted by Crippen LogP contribution is -2.47. The number of halogens is 1. The predicted octanol–water partition coefficient (Wildman–Crippen LogP) is 1.31. The summed E-state index contributed by atoms with van der Waals surface area (Å²) in [6, 6.07) is 3.51. The van der Waals surface area contributed by atoms with Gasteiger partial charge in [-0.25, -0.2) is 4.98 Å². The van der Waals surface area contributed by atoms with Gasteiger partial charge in [-0.15, -0.1) is 0 Å². The first-order valence-corrected chi connectivity index (χ1v) is 7.33. The lowest BCUT2D eigenvalue weighted by Gasteiger charge is -2.35. The van der Waals surface area contributed by atoms with Crippen molar-refractivity contribution in [2.75, 3.05) is 26.2 Å². The summed E-state index contributed by atoms with van der Waals surface area (Å²) in [5.41, 5.74) is 0.523. The number of likely N-dealkylation sites (tertiary alicyclic amines) is 1. The molecule has 1 saturated heterocycles. The van der Waals surface area contributed by atoms with Crippen LogP contribution in [0.5, 0.6) is 0 Å². The number of rotatable bonds is 5. The third kappa shape index (κ3) is 4.16. The molecule has 1 aliphatic rings. The number of hydrogen-bond acceptors (Lipinski definition) is 4. The van der Waals surface area contributed by atoms with Crippen molar-refractivity contribution in [3.05, 3.63) is 29.0 Å². The van der Waals surface area contributed by atoms with Crippen LogP contribution in [0.1, 0.15) is 29.6 Å². The third-order valence-corrected chi connectivity index (χ3v) is 3.83. The number of hydrogen-bond donors (Lipinski definition) is 2. The minimum Gasteiger partial charge on any atom is -0.395 e. The first kappa shape index (κ1) is 15.2. The summed E-state index contributed by atoms with van der Waals surface area (Å²) in [6.45, 7) is 2.41. The van der Waals surface area contributed by atoms with Crippen molar-refractivity contribution in [1.82, 2.24) is 15.2 Å². The van der Waals surface area contributed by atoms with E-state index in [2.05, 4.69) is 15.2 Å². The van der Waals surface area contributed by atoms with Crippen LogP contribution in [0.15, 0.2) is 18.3 Å². The van der Waals surface area contributed by atoms with E-state index in [9.17, 15) is 4.79 Å². The molecule has 2 heterocycles. The molecule has 1 aromatic heterocycles. The molecule has 6 heteroatoms. The van der Waals surface area contributed by atoms with Gasteiger partial charge in [0.2, 0.25) is 0 Å². The van der Waals surface area contributed by atoms with Crippen molar-refractivity contribution in [2.45, 2.75) is 25.3 Å². The van der Waals surface area contributed by atoms with Crippen molar-refractivity contribution in [1.29, 1.82) is 0 Å². The highest BCUT2D eigenvalue weighted by molar-refractivity contribution is 6.29. The maximum absolute atomic E-state index is 12.0. The Morgan fingerprint density at radius 3 is 3.15 bits per heavy atom. The first-order valence-electron chi connectivity index (χ1n) is 6.95. The van der Waals surface area contributed by atoms with Crippen molar-refractivity contribution < 1.29 is 9.90 Å². The highest BCUT2D eigenvalue weighted by Crippen LogP contribution is 2.16. The summed E-state index contributed by atoms with van der Waals surface area (Å²) >= 11 is 5.78. The second-order valence-electron chi connectivity index (χ2n) is 4.99. The second-order valence-corrected chi connectivity index (χ2v) is 5.37. The number of pyridine rings is 1. The van der Waals surface area contributed by atoms with Crippen LogP contribution in [-0.4, -0.2) is 53.2 Å². The van der Waals surface area contributed by atoms with E-state index in [1.165, 1.54) is 12.6 Å². The lowest BCUT2D eigenvalue weighted by molar-refractivity contribution is 0.0889.